The Kier molecular flexibility index (Phi) is 5.40. The van der Waals surface area contributed by atoms with Gasteiger partial charge in [-0.2, -0.15) is 0 Å². The van der Waals surface area contributed by atoms with Crippen LogP contribution in [0, 0.1) is 5.82 Å². The Morgan fingerprint density at radius 3 is 2.94 bits per heavy atom. The van der Waals surface area contributed by atoms with Crippen LogP contribution in [0.15, 0.2) is 30.9 Å². The Labute approximate surface area is 96.1 Å². The quantitative estimate of drug-likeness (QED) is 0.563. The zero-order chi connectivity index (χ0) is 11.8. The molecule has 0 aliphatic carbocycles. The van der Waals surface area contributed by atoms with Crippen LogP contribution in [0.3, 0.4) is 0 Å². The second kappa shape index (κ2) is 6.88. The fourth-order valence-corrected chi connectivity index (χ4v) is 1.39. The van der Waals surface area contributed by atoms with Gasteiger partial charge in [0.2, 0.25) is 0 Å². The van der Waals surface area contributed by atoms with Crippen LogP contribution < -0.4 is 10.1 Å². The summed E-state index contributed by atoms with van der Waals surface area (Å²) in [5, 5.41) is 2.78. The molecule has 88 valence electrons. The monoisotopic (exact) mass is 223 g/mol. The van der Waals surface area contributed by atoms with Gasteiger partial charge in [0.15, 0.2) is 11.6 Å². The van der Waals surface area contributed by atoms with Crippen molar-refractivity contribution in [3.05, 3.63) is 36.7 Å². The minimum atomic E-state index is -0.325. The zero-order valence-corrected chi connectivity index (χ0v) is 9.63. The number of unbranched alkanes of at least 4 members (excludes halogenated alkanes) is 2. The van der Waals surface area contributed by atoms with E-state index < -0.39 is 0 Å². The van der Waals surface area contributed by atoms with E-state index in [2.05, 4.69) is 11.9 Å². The summed E-state index contributed by atoms with van der Waals surface area (Å²) >= 11 is 0. The summed E-state index contributed by atoms with van der Waals surface area (Å²) in [6.07, 6.45) is 4.79. The summed E-state index contributed by atoms with van der Waals surface area (Å²) in [6, 6.07) is 5.09. The first-order valence-corrected chi connectivity index (χ1v) is 5.49. The van der Waals surface area contributed by atoms with Gasteiger partial charge in [0.1, 0.15) is 0 Å². The summed E-state index contributed by atoms with van der Waals surface area (Å²) in [5.74, 6) is -0.0147. The summed E-state index contributed by atoms with van der Waals surface area (Å²) in [5.41, 5.74) is 0.462. The molecule has 0 aliphatic rings. The van der Waals surface area contributed by atoms with E-state index in [1.165, 1.54) is 0 Å². The molecule has 0 amide bonds. The lowest BCUT2D eigenvalue weighted by atomic mass is 10.2. The Morgan fingerprint density at radius 1 is 1.44 bits per heavy atom. The zero-order valence-electron chi connectivity index (χ0n) is 9.63. The fourth-order valence-electron chi connectivity index (χ4n) is 1.39. The minimum Gasteiger partial charge on any atom is -0.490 e. The molecule has 0 spiro atoms. The number of rotatable bonds is 7. The molecule has 0 heterocycles. The number of allylic oxidation sites excluding steroid dienone is 1. The molecule has 0 radical (unpaired) electrons. The molecule has 0 atom stereocenters. The van der Waals surface area contributed by atoms with Crippen molar-refractivity contribution in [2.75, 3.05) is 19.0 Å². The lowest BCUT2D eigenvalue weighted by Crippen LogP contribution is -2.01. The van der Waals surface area contributed by atoms with Crippen LogP contribution in [0.25, 0.3) is 0 Å². The first-order valence-electron chi connectivity index (χ1n) is 5.49. The van der Waals surface area contributed by atoms with Crippen molar-refractivity contribution >= 4 is 5.69 Å². The Balaban J connectivity index is 2.44. The number of hydrogen-bond acceptors (Lipinski definition) is 2. The van der Waals surface area contributed by atoms with Gasteiger partial charge >= 0.3 is 0 Å². The maximum absolute atomic E-state index is 13.6. The van der Waals surface area contributed by atoms with Gasteiger partial charge in [-0.3, -0.25) is 0 Å². The molecule has 0 saturated carbocycles. The number of ether oxygens (including phenoxy) is 1. The van der Waals surface area contributed by atoms with E-state index in [0.29, 0.717) is 18.0 Å². The third-order valence-corrected chi connectivity index (χ3v) is 2.29. The predicted octanol–water partition coefficient (Wildman–Crippen LogP) is 3.60. The number of benzene rings is 1. The summed E-state index contributed by atoms with van der Waals surface area (Å²) < 4.78 is 19.0. The van der Waals surface area contributed by atoms with E-state index in [1.807, 2.05) is 6.08 Å². The minimum absolute atomic E-state index is 0.311. The molecule has 1 N–H and O–H groups in total. The smallest absolute Gasteiger partial charge is 0.188 e. The summed E-state index contributed by atoms with van der Waals surface area (Å²) in [4.78, 5) is 0. The first kappa shape index (κ1) is 12.6. The van der Waals surface area contributed by atoms with E-state index >= 15 is 0 Å². The van der Waals surface area contributed by atoms with Gasteiger partial charge in [-0.1, -0.05) is 12.1 Å². The highest BCUT2D eigenvalue weighted by molar-refractivity contribution is 5.49. The second-order valence-corrected chi connectivity index (χ2v) is 3.50. The molecule has 0 aromatic heterocycles. The van der Waals surface area contributed by atoms with Crippen molar-refractivity contribution in [3.8, 4) is 5.75 Å². The van der Waals surface area contributed by atoms with Gasteiger partial charge < -0.3 is 10.1 Å². The van der Waals surface area contributed by atoms with Gasteiger partial charge in [0.05, 0.1) is 12.3 Å². The average molecular weight is 223 g/mol. The Bertz CT molecular complexity index is 339. The largest absolute Gasteiger partial charge is 0.490 e. The highest BCUT2D eigenvalue weighted by Crippen LogP contribution is 2.24. The number of anilines is 1. The standard InChI is InChI=1S/C13H18FNO/c1-3-4-5-6-10-16-12-9-7-8-11(15-2)13(12)14/h3,7-9,15H,1,4-6,10H2,2H3. The van der Waals surface area contributed by atoms with Crippen molar-refractivity contribution in [1.29, 1.82) is 0 Å². The Hall–Kier alpha value is -1.51. The van der Waals surface area contributed by atoms with E-state index in [4.69, 9.17) is 4.74 Å². The number of halogens is 1. The van der Waals surface area contributed by atoms with Crippen molar-refractivity contribution in [2.24, 2.45) is 0 Å². The van der Waals surface area contributed by atoms with Crippen LogP contribution in [0.2, 0.25) is 0 Å². The molecule has 0 unspecified atom stereocenters. The third-order valence-electron chi connectivity index (χ3n) is 2.29. The molecule has 1 aromatic carbocycles. The van der Waals surface area contributed by atoms with Gasteiger partial charge in [-0.15, -0.1) is 6.58 Å². The van der Waals surface area contributed by atoms with E-state index in [1.54, 1.807) is 25.2 Å². The summed E-state index contributed by atoms with van der Waals surface area (Å²) in [6.45, 7) is 4.18. The van der Waals surface area contributed by atoms with E-state index in [9.17, 15) is 4.39 Å². The van der Waals surface area contributed by atoms with Crippen LogP contribution in [0.5, 0.6) is 5.75 Å². The van der Waals surface area contributed by atoms with E-state index in [0.717, 1.165) is 19.3 Å². The normalized spacial score (nSPS) is 9.88. The highest BCUT2D eigenvalue weighted by Gasteiger charge is 2.06. The predicted molar refractivity (Wildman–Crippen MR) is 65.5 cm³/mol. The van der Waals surface area contributed by atoms with Crippen LogP contribution in [-0.2, 0) is 0 Å². The number of hydrogen-bond donors (Lipinski definition) is 1. The highest BCUT2D eigenvalue weighted by atomic mass is 19.1. The van der Waals surface area contributed by atoms with Crippen molar-refractivity contribution in [2.45, 2.75) is 19.3 Å². The molecule has 1 rings (SSSR count). The molecule has 16 heavy (non-hydrogen) atoms. The van der Waals surface area contributed by atoms with Gasteiger partial charge in [0, 0.05) is 7.05 Å². The SMILES string of the molecule is C=CCCCCOc1cccc(NC)c1F. The molecule has 0 aliphatic heterocycles. The van der Waals surface area contributed by atoms with Crippen LogP contribution in [-0.4, -0.2) is 13.7 Å². The van der Waals surface area contributed by atoms with Crippen LogP contribution in [0.1, 0.15) is 19.3 Å². The maximum atomic E-state index is 13.6. The van der Waals surface area contributed by atoms with Gasteiger partial charge in [-0.05, 0) is 31.4 Å². The van der Waals surface area contributed by atoms with Gasteiger partial charge in [-0.25, -0.2) is 4.39 Å². The van der Waals surface area contributed by atoms with Crippen molar-refractivity contribution in [3.63, 3.8) is 0 Å². The van der Waals surface area contributed by atoms with Gasteiger partial charge in [0.25, 0.3) is 0 Å². The molecule has 0 bridgehead atoms. The van der Waals surface area contributed by atoms with Crippen molar-refractivity contribution in [1.82, 2.24) is 0 Å². The molecule has 3 heteroatoms. The molecule has 1 aromatic rings. The Morgan fingerprint density at radius 2 is 2.25 bits per heavy atom. The fraction of sp³-hybridized carbons (Fsp3) is 0.385. The van der Waals surface area contributed by atoms with Crippen molar-refractivity contribution < 1.29 is 9.13 Å². The van der Waals surface area contributed by atoms with E-state index in [-0.39, 0.29) is 5.82 Å². The lowest BCUT2D eigenvalue weighted by molar-refractivity contribution is 0.293. The molecule has 0 saturated heterocycles. The topological polar surface area (TPSA) is 21.3 Å². The summed E-state index contributed by atoms with van der Waals surface area (Å²) in [7, 11) is 1.69. The lowest BCUT2D eigenvalue weighted by Gasteiger charge is -2.09. The number of nitrogens with one attached hydrogen (secondary N) is 1. The average Bonchev–Trinajstić information content (AvgIpc) is 2.31. The molecule has 2 nitrogen and oxygen atoms in total. The second-order valence-electron chi connectivity index (χ2n) is 3.50. The van der Waals surface area contributed by atoms with Crippen LogP contribution >= 0.6 is 0 Å². The van der Waals surface area contributed by atoms with Crippen LogP contribution in [0.4, 0.5) is 10.1 Å². The maximum Gasteiger partial charge on any atom is 0.188 e. The third kappa shape index (κ3) is 3.57. The molecular formula is C13H18FNO. The molecule has 0 fully saturated rings. The first-order chi connectivity index (χ1) is 7.79. The molecular weight excluding hydrogens is 205 g/mol.